The minimum atomic E-state index is -4.26. The van der Waals surface area contributed by atoms with Gasteiger partial charge in [-0.3, -0.25) is 4.90 Å². The van der Waals surface area contributed by atoms with E-state index in [4.69, 9.17) is 0 Å². The van der Waals surface area contributed by atoms with E-state index in [1.807, 2.05) is 0 Å². The van der Waals surface area contributed by atoms with Crippen LogP contribution in [-0.4, -0.2) is 22.8 Å². The zero-order valence-electron chi connectivity index (χ0n) is 9.88. The van der Waals surface area contributed by atoms with Crippen molar-refractivity contribution < 1.29 is 13.2 Å². The Labute approximate surface area is 113 Å². The van der Waals surface area contributed by atoms with Gasteiger partial charge in [0.15, 0.2) is 0 Å². The number of nitrogens with zero attached hydrogens (tertiary/aromatic N) is 1. The molecule has 0 radical (unpaired) electrons. The van der Waals surface area contributed by atoms with E-state index < -0.39 is 11.7 Å². The minimum Gasteiger partial charge on any atom is -0.299 e. The van der Waals surface area contributed by atoms with Crippen molar-refractivity contribution in [2.45, 2.75) is 30.4 Å². The summed E-state index contributed by atoms with van der Waals surface area (Å²) < 4.78 is 38.5. The second kappa shape index (κ2) is 5.61. The molecule has 0 aliphatic carbocycles. The van der Waals surface area contributed by atoms with E-state index in [0.717, 1.165) is 32.0 Å². The zero-order valence-corrected chi connectivity index (χ0v) is 11.5. The van der Waals surface area contributed by atoms with Crippen molar-refractivity contribution in [1.82, 2.24) is 4.90 Å². The topological polar surface area (TPSA) is 3.24 Å². The Morgan fingerprint density at radius 1 is 1.17 bits per heavy atom. The van der Waals surface area contributed by atoms with E-state index in [1.165, 1.54) is 6.07 Å². The maximum atomic E-state index is 12.8. The Balaban J connectivity index is 2.10. The van der Waals surface area contributed by atoms with Gasteiger partial charge in [0.25, 0.3) is 0 Å². The van der Waals surface area contributed by atoms with Crippen molar-refractivity contribution >= 4 is 15.9 Å². The molecular weight excluding hydrogens is 307 g/mol. The van der Waals surface area contributed by atoms with Gasteiger partial charge in [0.05, 0.1) is 5.56 Å². The molecule has 1 nitrogen and oxygen atoms in total. The van der Waals surface area contributed by atoms with Crippen LogP contribution in [0.25, 0.3) is 0 Å². The highest BCUT2D eigenvalue weighted by Gasteiger charge is 2.33. The lowest BCUT2D eigenvalue weighted by Gasteiger charge is -2.30. The van der Waals surface area contributed by atoms with Crippen LogP contribution in [0.5, 0.6) is 0 Å². The van der Waals surface area contributed by atoms with Crippen LogP contribution in [0.15, 0.2) is 24.3 Å². The van der Waals surface area contributed by atoms with Gasteiger partial charge in [-0.1, -0.05) is 34.1 Å². The van der Waals surface area contributed by atoms with Crippen LogP contribution in [-0.2, 0) is 12.7 Å². The second-order valence-electron chi connectivity index (χ2n) is 4.61. The summed E-state index contributed by atoms with van der Waals surface area (Å²) in [6.45, 7) is 2.08. The molecule has 100 valence electrons. The number of alkyl halides is 4. The molecule has 0 saturated carbocycles. The van der Waals surface area contributed by atoms with Gasteiger partial charge in [0.2, 0.25) is 0 Å². The molecule has 0 N–H and O–H groups in total. The highest BCUT2D eigenvalue weighted by atomic mass is 79.9. The van der Waals surface area contributed by atoms with Crippen LogP contribution in [0.3, 0.4) is 0 Å². The first kappa shape index (κ1) is 13.9. The van der Waals surface area contributed by atoms with Crippen molar-refractivity contribution in [3.63, 3.8) is 0 Å². The van der Waals surface area contributed by atoms with Crippen molar-refractivity contribution in [2.24, 2.45) is 0 Å². The Morgan fingerprint density at radius 3 is 2.39 bits per heavy atom. The number of piperidine rings is 1. The molecule has 1 aromatic carbocycles. The quantitative estimate of drug-likeness (QED) is 0.742. The predicted octanol–water partition coefficient (Wildman–Crippen LogP) is 4.06. The number of likely N-dealkylation sites (tertiary alicyclic amines) is 1. The van der Waals surface area contributed by atoms with Crippen molar-refractivity contribution in [3.05, 3.63) is 35.4 Å². The van der Waals surface area contributed by atoms with Crippen molar-refractivity contribution in [3.8, 4) is 0 Å². The third-order valence-electron chi connectivity index (χ3n) is 3.23. The predicted molar refractivity (Wildman–Crippen MR) is 68.7 cm³/mol. The van der Waals surface area contributed by atoms with E-state index in [2.05, 4.69) is 20.8 Å². The normalized spacial score (nSPS) is 19.1. The molecule has 0 bridgehead atoms. The summed E-state index contributed by atoms with van der Waals surface area (Å²) in [4.78, 5) is 2.59. The molecule has 1 heterocycles. The van der Waals surface area contributed by atoms with Crippen LogP contribution in [0.2, 0.25) is 0 Å². The van der Waals surface area contributed by atoms with Crippen LogP contribution in [0.4, 0.5) is 13.2 Å². The maximum absolute atomic E-state index is 12.8. The van der Waals surface area contributed by atoms with Crippen LogP contribution >= 0.6 is 15.9 Å². The second-order valence-corrected chi connectivity index (χ2v) is 5.90. The lowest BCUT2D eigenvalue weighted by Crippen LogP contribution is -2.34. The molecule has 0 spiro atoms. The average Bonchev–Trinajstić information content (AvgIpc) is 2.31. The van der Waals surface area contributed by atoms with Gasteiger partial charge in [0, 0.05) is 11.4 Å². The van der Waals surface area contributed by atoms with Gasteiger partial charge >= 0.3 is 6.18 Å². The summed E-state index contributed by atoms with van der Waals surface area (Å²) in [6.07, 6.45) is -2.27. The van der Waals surface area contributed by atoms with Gasteiger partial charge in [-0.15, -0.1) is 0 Å². The summed E-state index contributed by atoms with van der Waals surface area (Å²) in [6, 6.07) is 5.84. The van der Waals surface area contributed by atoms with E-state index >= 15 is 0 Å². The van der Waals surface area contributed by atoms with Crippen molar-refractivity contribution in [1.29, 1.82) is 0 Å². The fourth-order valence-corrected chi connectivity index (χ4v) is 2.64. The van der Waals surface area contributed by atoms with Gasteiger partial charge in [-0.25, -0.2) is 0 Å². The number of rotatable bonds is 2. The standard InChI is InChI=1S/C13H15BrF3N/c14-11-5-7-18(8-6-11)9-10-3-1-2-4-12(10)13(15,16)17/h1-4,11H,5-9H2. The highest BCUT2D eigenvalue weighted by Crippen LogP contribution is 2.32. The summed E-state index contributed by atoms with van der Waals surface area (Å²) in [5.41, 5.74) is -0.135. The lowest BCUT2D eigenvalue weighted by molar-refractivity contribution is -0.138. The SMILES string of the molecule is FC(F)(F)c1ccccc1CN1CCC(Br)CC1. The van der Waals surface area contributed by atoms with Gasteiger partial charge in [0.1, 0.15) is 0 Å². The Kier molecular flexibility index (Phi) is 4.33. The molecule has 0 aromatic heterocycles. The third-order valence-corrected chi connectivity index (χ3v) is 4.15. The third kappa shape index (κ3) is 3.48. The van der Waals surface area contributed by atoms with E-state index in [0.29, 0.717) is 16.9 Å². The maximum Gasteiger partial charge on any atom is 0.416 e. The largest absolute Gasteiger partial charge is 0.416 e. The molecular formula is C13H15BrF3N. The van der Waals surface area contributed by atoms with E-state index in [-0.39, 0.29) is 0 Å². The minimum absolute atomic E-state index is 0.373. The van der Waals surface area contributed by atoms with Gasteiger partial charge in [-0.05, 0) is 37.6 Å². The Bertz CT molecular complexity index is 397. The van der Waals surface area contributed by atoms with Crippen LogP contribution in [0.1, 0.15) is 24.0 Å². The highest BCUT2D eigenvalue weighted by molar-refractivity contribution is 9.09. The lowest BCUT2D eigenvalue weighted by atomic mass is 10.0. The molecule has 1 aromatic rings. The fourth-order valence-electron chi connectivity index (χ4n) is 2.24. The molecule has 1 aliphatic heterocycles. The van der Waals surface area contributed by atoms with E-state index in [1.54, 1.807) is 12.1 Å². The summed E-state index contributed by atoms with van der Waals surface area (Å²) >= 11 is 3.54. The van der Waals surface area contributed by atoms with Gasteiger partial charge < -0.3 is 0 Å². The Hall–Kier alpha value is -0.550. The van der Waals surface area contributed by atoms with Crippen LogP contribution in [0, 0.1) is 0 Å². The van der Waals surface area contributed by atoms with Gasteiger partial charge in [-0.2, -0.15) is 13.2 Å². The smallest absolute Gasteiger partial charge is 0.299 e. The number of hydrogen-bond acceptors (Lipinski definition) is 1. The monoisotopic (exact) mass is 321 g/mol. The molecule has 18 heavy (non-hydrogen) atoms. The first-order valence-corrected chi connectivity index (χ1v) is 6.90. The molecule has 1 fully saturated rings. The number of hydrogen-bond donors (Lipinski definition) is 0. The summed E-state index contributed by atoms with van der Waals surface area (Å²) in [7, 11) is 0. The first-order chi connectivity index (χ1) is 8.47. The summed E-state index contributed by atoms with van der Waals surface area (Å²) in [5, 5.41) is 0. The summed E-state index contributed by atoms with van der Waals surface area (Å²) in [5.74, 6) is 0. The first-order valence-electron chi connectivity index (χ1n) is 5.98. The van der Waals surface area contributed by atoms with E-state index in [9.17, 15) is 13.2 Å². The molecule has 0 atom stereocenters. The fraction of sp³-hybridized carbons (Fsp3) is 0.538. The molecule has 2 rings (SSSR count). The molecule has 0 amide bonds. The number of halogens is 4. The van der Waals surface area contributed by atoms with Crippen LogP contribution < -0.4 is 0 Å². The number of benzene rings is 1. The van der Waals surface area contributed by atoms with Crippen molar-refractivity contribution in [2.75, 3.05) is 13.1 Å². The molecule has 1 saturated heterocycles. The molecule has 0 unspecified atom stereocenters. The zero-order chi connectivity index (χ0) is 13.2. The molecule has 5 heteroatoms. The molecule has 1 aliphatic rings. The Morgan fingerprint density at radius 2 is 1.78 bits per heavy atom. The average molecular weight is 322 g/mol.